The van der Waals surface area contributed by atoms with Crippen LogP contribution in [0.1, 0.15) is 0 Å². The van der Waals surface area contributed by atoms with Crippen molar-refractivity contribution in [1.29, 1.82) is 0 Å². The highest BCUT2D eigenvalue weighted by Crippen LogP contribution is 2.23. The summed E-state index contributed by atoms with van der Waals surface area (Å²) in [7, 11) is 1.52. The number of hydrogen-bond donors (Lipinski definition) is 1. The molecule has 2 aromatic rings. The Balaban J connectivity index is 1.59. The summed E-state index contributed by atoms with van der Waals surface area (Å²) < 4.78 is 4.97. The van der Waals surface area contributed by atoms with Gasteiger partial charge in [0, 0.05) is 29.9 Å². The number of amides is 3. The van der Waals surface area contributed by atoms with Gasteiger partial charge in [-0.2, -0.15) is 0 Å². The van der Waals surface area contributed by atoms with Crippen molar-refractivity contribution < 1.29 is 14.3 Å². The van der Waals surface area contributed by atoms with Crippen LogP contribution in [0.2, 0.25) is 5.02 Å². The molecule has 0 unspecified atom stereocenters. The van der Waals surface area contributed by atoms with Gasteiger partial charge < -0.3 is 15.0 Å². The van der Waals surface area contributed by atoms with Gasteiger partial charge in [-0.1, -0.05) is 17.7 Å². The van der Waals surface area contributed by atoms with E-state index in [0.29, 0.717) is 29.7 Å². The van der Waals surface area contributed by atoms with Crippen molar-refractivity contribution in [3.8, 4) is 5.88 Å². The molecule has 1 aliphatic rings. The number of halogens is 1. The highest BCUT2D eigenvalue weighted by Gasteiger charge is 2.30. The van der Waals surface area contributed by atoms with Crippen LogP contribution in [0.15, 0.2) is 42.6 Å². The molecule has 0 atom stereocenters. The number of nitrogens with zero attached hydrogens (tertiary/aromatic N) is 3. The molecule has 1 N–H and O–H groups in total. The Morgan fingerprint density at radius 3 is 2.84 bits per heavy atom. The van der Waals surface area contributed by atoms with Crippen LogP contribution < -0.4 is 15.0 Å². The first kappa shape index (κ1) is 17.0. The van der Waals surface area contributed by atoms with Crippen molar-refractivity contribution in [2.45, 2.75) is 0 Å². The number of anilines is 2. The normalized spacial score (nSPS) is 13.9. The van der Waals surface area contributed by atoms with E-state index in [4.69, 9.17) is 16.3 Å². The third-order valence-electron chi connectivity index (χ3n) is 3.78. The Bertz CT molecular complexity index is 782. The van der Waals surface area contributed by atoms with Crippen LogP contribution >= 0.6 is 11.6 Å². The fourth-order valence-corrected chi connectivity index (χ4v) is 2.75. The van der Waals surface area contributed by atoms with Gasteiger partial charge in [0.05, 0.1) is 19.0 Å². The number of nitrogens with one attached hydrogen (secondary N) is 1. The number of pyridine rings is 1. The van der Waals surface area contributed by atoms with Gasteiger partial charge in [-0.05, 0) is 24.3 Å². The third kappa shape index (κ3) is 4.00. The molecular weight excluding hydrogens is 344 g/mol. The van der Waals surface area contributed by atoms with Crippen LogP contribution in [0.4, 0.5) is 16.2 Å². The molecule has 0 spiro atoms. The standard InChI is InChI=1S/C17H17ClN4O3/c1-25-16-6-5-13(10-19-16)20-15(23)11-21-7-8-22(17(21)24)14-4-2-3-12(18)9-14/h2-6,9-10H,7-8,11H2,1H3,(H,20,23). The van der Waals surface area contributed by atoms with Crippen molar-refractivity contribution >= 4 is 34.9 Å². The summed E-state index contributed by atoms with van der Waals surface area (Å²) in [4.78, 5) is 31.8. The minimum absolute atomic E-state index is 0.0259. The van der Waals surface area contributed by atoms with Gasteiger partial charge in [0.25, 0.3) is 0 Å². The molecular formula is C17H17ClN4O3. The molecule has 0 bridgehead atoms. The van der Waals surface area contributed by atoms with E-state index in [1.807, 2.05) is 6.07 Å². The minimum atomic E-state index is -0.284. The second-order valence-electron chi connectivity index (χ2n) is 5.47. The topological polar surface area (TPSA) is 74.8 Å². The smallest absolute Gasteiger partial charge is 0.325 e. The van der Waals surface area contributed by atoms with E-state index >= 15 is 0 Å². The highest BCUT2D eigenvalue weighted by atomic mass is 35.5. The van der Waals surface area contributed by atoms with E-state index in [1.54, 1.807) is 35.2 Å². The molecule has 1 aliphatic heterocycles. The zero-order chi connectivity index (χ0) is 17.8. The maximum Gasteiger partial charge on any atom is 0.325 e. The number of rotatable bonds is 5. The maximum absolute atomic E-state index is 12.5. The van der Waals surface area contributed by atoms with Crippen LogP contribution in [-0.2, 0) is 4.79 Å². The number of benzene rings is 1. The zero-order valence-corrected chi connectivity index (χ0v) is 14.4. The molecule has 3 amide bonds. The summed E-state index contributed by atoms with van der Waals surface area (Å²) >= 11 is 5.97. The monoisotopic (exact) mass is 360 g/mol. The fraction of sp³-hybridized carbons (Fsp3) is 0.235. The van der Waals surface area contributed by atoms with Crippen LogP contribution in [0.5, 0.6) is 5.88 Å². The van der Waals surface area contributed by atoms with Crippen LogP contribution in [0.3, 0.4) is 0 Å². The summed E-state index contributed by atoms with van der Waals surface area (Å²) in [5.74, 6) is 0.179. The molecule has 0 radical (unpaired) electrons. The lowest BCUT2D eigenvalue weighted by Gasteiger charge is -2.18. The van der Waals surface area contributed by atoms with E-state index in [9.17, 15) is 9.59 Å². The van der Waals surface area contributed by atoms with Gasteiger partial charge in [-0.15, -0.1) is 0 Å². The number of hydrogen-bond acceptors (Lipinski definition) is 4. The van der Waals surface area contributed by atoms with Crippen molar-refractivity contribution in [2.75, 3.05) is 37.0 Å². The molecule has 7 nitrogen and oxygen atoms in total. The van der Waals surface area contributed by atoms with E-state index in [-0.39, 0.29) is 18.5 Å². The quantitative estimate of drug-likeness (QED) is 0.889. The van der Waals surface area contributed by atoms with E-state index in [2.05, 4.69) is 10.3 Å². The number of aromatic nitrogens is 1. The van der Waals surface area contributed by atoms with Crippen LogP contribution in [0, 0.1) is 0 Å². The largest absolute Gasteiger partial charge is 0.481 e. The lowest BCUT2D eigenvalue weighted by atomic mass is 10.3. The van der Waals surface area contributed by atoms with Gasteiger partial charge in [0.1, 0.15) is 6.54 Å². The lowest BCUT2D eigenvalue weighted by Crippen LogP contribution is -2.37. The number of carbonyl (C=O) groups is 2. The van der Waals surface area contributed by atoms with Crippen molar-refractivity contribution in [1.82, 2.24) is 9.88 Å². The molecule has 130 valence electrons. The first-order chi connectivity index (χ1) is 12.1. The molecule has 8 heteroatoms. The minimum Gasteiger partial charge on any atom is -0.481 e. The predicted molar refractivity (Wildman–Crippen MR) is 95.2 cm³/mol. The summed E-state index contributed by atoms with van der Waals surface area (Å²) in [6, 6.07) is 10.2. The van der Waals surface area contributed by atoms with Gasteiger partial charge >= 0.3 is 6.03 Å². The second-order valence-corrected chi connectivity index (χ2v) is 5.91. The molecule has 2 heterocycles. The molecule has 0 saturated carbocycles. The Morgan fingerprint density at radius 1 is 1.32 bits per heavy atom. The first-order valence-electron chi connectivity index (χ1n) is 7.69. The van der Waals surface area contributed by atoms with Crippen LogP contribution in [-0.4, -0.2) is 48.6 Å². The van der Waals surface area contributed by atoms with E-state index in [1.165, 1.54) is 18.2 Å². The Morgan fingerprint density at radius 2 is 2.16 bits per heavy atom. The number of ether oxygens (including phenoxy) is 1. The zero-order valence-electron chi connectivity index (χ0n) is 13.6. The summed E-state index contributed by atoms with van der Waals surface area (Å²) in [6.45, 7) is 0.956. The Labute approximate surface area is 150 Å². The molecule has 25 heavy (non-hydrogen) atoms. The number of carbonyl (C=O) groups excluding carboxylic acids is 2. The van der Waals surface area contributed by atoms with Gasteiger partial charge in [0.15, 0.2) is 0 Å². The van der Waals surface area contributed by atoms with Crippen molar-refractivity contribution in [2.24, 2.45) is 0 Å². The predicted octanol–water partition coefficient (Wildman–Crippen LogP) is 2.62. The lowest BCUT2D eigenvalue weighted by molar-refractivity contribution is -0.116. The molecule has 1 aromatic heterocycles. The number of urea groups is 1. The third-order valence-corrected chi connectivity index (χ3v) is 4.01. The molecule has 1 aromatic carbocycles. The van der Waals surface area contributed by atoms with Gasteiger partial charge in [-0.25, -0.2) is 9.78 Å². The van der Waals surface area contributed by atoms with Crippen molar-refractivity contribution in [3.63, 3.8) is 0 Å². The molecule has 3 rings (SSSR count). The fourth-order valence-electron chi connectivity index (χ4n) is 2.56. The van der Waals surface area contributed by atoms with Gasteiger partial charge in [0.2, 0.25) is 11.8 Å². The Hall–Kier alpha value is -2.80. The van der Waals surface area contributed by atoms with Gasteiger partial charge in [-0.3, -0.25) is 9.69 Å². The SMILES string of the molecule is COc1ccc(NC(=O)CN2CCN(c3cccc(Cl)c3)C2=O)cn1. The average Bonchev–Trinajstić information content (AvgIpc) is 2.96. The van der Waals surface area contributed by atoms with Crippen LogP contribution in [0.25, 0.3) is 0 Å². The maximum atomic E-state index is 12.5. The Kier molecular flexibility index (Phi) is 5.04. The molecule has 1 fully saturated rings. The summed E-state index contributed by atoms with van der Waals surface area (Å²) in [5, 5.41) is 3.28. The second kappa shape index (κ2) is 7.40. The molecule has 0 aliphatic carbocycles. The average molecular weight is 361 g/mol. The first-order valence-corrected chi connectivity index (χ1v) is 8.06. The summed E-state index contributed by atoms with van der Waals surface area (Å²) in [6.07, 6.45) is 1.50. The highest BCUT2D eigenvalue weighted by molar-refractivity contribution is 6.30. The summed E-state index contributed by atoms with van der Waals surface area (Å²) in [5.41, 5.74) is 1.27. The van der Waals surface area contributed by atoms with E-state index in [0.717, 1.165) is 5.69 Å². The number of methoxy groups -OCH3 is 1. The molecule has 1 saturated heterocycles. The van der Waals surface area contributed by atoms with Crippen molar-refractivity contribution in [3.05, 3.63) is 47.6 Å². The van der Waals surface area contributed by atoms with E-state index < -0.39 is 0 Å².